The second kappa shape index (κ2) is 8.20. The standard InChI is InChI=1S/C16H25N3OS/c1-3-19-11-9-14(10-12-19)18-16(21)17-13-5-7-15(8-6-13)20-4-2/h5-8,14H,3-4,9-12H2,1-2H3,(H2,17,18,21). The molecule has 116 valence electrons. The molecule has 0 atom stereocenters. The molecule has 0 amide bonds. The third kappa shape index (κ3) is 5.17. The molecule has 1 aliphatic rings. The lowest BCUT2D eigenvalue weighted by Crippen LogP contribution is -2.45. The van der Waals surface area contributed by atoms with E-state index in [2.05, 4.69) is 22.5 Å². The summed E-state index contributed by atoms with van der Waals surface area (Å²) in [6, 6.07) is 8.36. The molecule has 1 heterocycles. The van der Waals surface area contributed by atoms with Gasteiger partial charge in [0.25, 0.3) is 0 Å². The lowest BCUT2D eigenvalue weighted by Gasteiger charge is -2.32. The zero-order valence-electron chi connectivity index (χ0n) is 12.9. The first kappa shape index (κ1) is 16.0. The van der Waals surface area contributed by atoms with Crippen LogP contribution in [0.2, 0.25) is 0 Å². The first-order chi connectivity index (χ1) is 10.2. The van der Waals surface area contributed by atoms with Gasteiger partial charge in [0, 0.05) is 24.8 Å². The van der Waals surface area contributed by atoms with Gasteiger partial charge in [-0.25, -0.2) is 0 Å². The van der Waals surface area contributed by atoms with Gasteiger partial charge >= 0.3 is 0 Å². The maximum absolute atomic E-state index is 5.43. The largest absolute Gasteiger partial charge is 0.494 e. The number of nitrogens with zero attached hydrogens (tertiary/aromatic N) is 1. The Kier molecular flexibility index (Phi) is 6.26. The van der Waals surface area contributed by atoms with Gasteiger partial charge < -0.3 is 20.3 Å². The predicted octanol–water partition coefficient (Wildman–Crippen LogP) is 2.86. The molecule has 21 heavy (non-hydrogen) atoms. The highest BCUT2D eigenvalue weighted by atomic mass is 32.1. The van der Waals surface area contributed by atoms with Crippen LogP contribution in [0, 0.1) is 0 Å². The Morgan fingerprint density at radius 3 is 2.48 bits per heavy atom. The summed E-state index contributed by atoms with van der Waals surface area (Å²) in [5.41, 5.74) is 0.988. The fraction of sp³-hybridized carbons (Fsp3) is 0.562. The maximum Gasteiger partial charge on any atom is 0.170 e. The van der Waals surface area contributed by atoms with Crippen LogP contribution in [0.1, 0.15) is 26.7 Å². The van der Waals surface area contributed by atoms with Crippen LogP contribution in [-0.4, -0.2) is 42.3 Å². The second-order valence-electron chi connectivity index (χ2n) is 5.26. The molecule has 1 aromatic carbocycles. The van der Waals surface area contributed by atoms with Crippen molar-refractivity contribution in [3.05, 3.63) is 24.3 Å². The molecule has 0 aliphatic carbocycles. The average molecular weight is 307 g/mol. The summed E-state index contributed by atoms with van der Waals surface area (Å²) in [6.07, 6.45) is 2.30. The predicted molar refractivity (Wildman–Crippen MR) is 92.1 cm³/mol. The minimum Gasteiger partial charge on any atom is -0.494 e. The van der Waals surface area contributed by atoms with E-state index in [1.54, 1.807) is 0 Å². The SMILES string of the molecule is CCOc1ccc(NC(=S)NC2CCN(CC)CC2)cc1. The fourth-order valence-corrected chi connectivity index (χ4v) is 2.83. The number of likely N-dealkylation sites (tertiary alicyclic amines) is 1. The third-order valence-corrected chi connectivity index (χ3v) is 4.01. The van der Waals surface area contributed by atoms with Crippen molar-refractivity contribution >= 4 is 23.0 Å². The van der Waals surface area contributed by atoms with Crippen molar-refractivity contribution in [2.45, 2.75) is 32.7 Å². The molecule has 0 radical (unpaired) electrons. The minimum atomic E-state index is 0.482. The van der Waals surface area contributed by atoms with Gasteiger partial charge in [-0.1, -0.05) is 6.92 Å². The highest BCUT2D eigenvalue weighted by molar-refractivity contribution is 7.80. The van der Waals surface area contributed by atoms with Gasteiger partial charge in [0.2, 0.25) is 0 Å². The van der Waals surface area contributed by atoms with E-state index in [1.165, 1.54) is 0 Å². The molecule has 1 aromatic rings. The molecule has 0 saturated carbocycles. The average Bonchev–Trinajstić information content (AvgIpc) is 2.50. The van der Waals surface area contributed by atoms with Gasteiger partial charge in [0.1, 0.15) is 5.75 Å². The smallest absolute Gasteiger partial charge is 0.170 e. The molecule has 0 bridgehead atoms. The van der Waals surface area contributed by atoms with E-state index in [0.717, 1.165) is 43.9 Å². The number of ether oxygens (including phenoxy) is 1. The van der Waals surface area contributed by atoms with E-state index < -0.39 is 0 Å². The summed E-state index contributed by atoms with van der Waals surface area (Å²) < 4.78 is 5.43. The Bertz CT molecular complexity index is 441. The van der Waals surface area contributed by atoms with Gasteiger partial charge in [0.05, 0.1) is 6.61 Å². The van der Waals surface area contributed by atoms with E-state index in [0.29, 0.717) is 17.8 Å². The molecule has 0 aromatic heterocycles. The minimum absolute atomic E-state index is 0.482. The van der Waals surface area contributed by atoms with Gasteiger partial charge in [-0.15, -0.1) is 0 Å². The van der Waals surface area contributed by atoms with Crippen LogP contribution in [0.15, 0.2) is 24.3 Å². The molecule has 1 aliphatic heterocycles. The van der Waals surface area contributed by atoms with Crippen molar-refractivity contribution in [3.8, 4) is 5.75 Å². The molecule has 4 nitrogen and oxygen atoms in total. The van der Waals surface area contributed by atoms with Gasteiger partial charge in [-0.05, 0) is 62.8 Å². The molecule has 1 saturated heterocycles. The van der Waals surface area contributed by atoms with E-state index >= 15 is 0 Å². The summed E-state index contributed by atoms with van der Waals surface area (Å²) in [7, 11) is 0. The van der Waals surface area contributed by atoms with Gasteiger partial charge in [-0.2, -0.15) is 0 Å². The van der Waals surface area contributed by atoms with Crippen molar-refractivity contribution in [1.29, 1.82) is 0 Å². The van der Waals surface area contributed by atoms with Gasteiger partial charge in [0.15, 0.2) is 5.11 Å². The zero-order chi connectivity index (χ0) is 15.1. The van der Waals surface area contributed by atoms with Crippen LogP contribution in [0.4, 0.5) is 5.69 Å². The monoisotopic (exact) mass is 307 g/mol. The first-order valence-corrected chi connectivity index (χ1v) is 8.14. The normalized spacial score (nSPS) is 16.5. The Labute approximate surface area is 132 Å². The van der Waals surface area contributed by atoms with Crippen LogP contribution in [-0.2, 0) is 0 Å². The van der Waals surface area contributed by atoms with E-state index in [4.69, 9.17) is 17.0 Å². The summed E-state index contributed by atoms with van der Waals surface area (Å²) in [5, 5.41) is 7.35. The number of benzene rings is 1. The number of thiocarbonyl (C=S) groups is 1. The van der Waals surface area contributed by atoms with Crippen molar-refractivity contribution < 1.29 is 4.74 Å². The quantitative estimate of drug-likeness (QED) is 0.818. The number of piperidine rings is 1. The molecular formula is C16H25N3OS. The van der Waals surface area contributed by atoms with Gasteiger partial charge in [-0.3, -0.25) is 0 Å². The lowest BCUT2D eigenvalue weighted by molar-refractivity contribution is 0.216. The highest BCUT2D eigenvalue weighted by Gasteiger charge is 2.18. The second-order valence-corrected chi connectivity index (χ2v) is 5.67. The maximum atomic E-state index is 5.43. The molecule has 2 rings (SSSR count). The van der Waals surface area contributed by atoms with Crippen molar-refractivity contribution in [1.82, 2.24) is 10.2 Å². The number of hydrogen-bond donors (Lipinski definition) is 2. The number of hydrogen-bond acceptors (Lipinski definition) is 3. The highest BCUT2D eigenvalue weighted by Crippen LogP contribution is 2.16. The molecule has 0 spiro atoms. The van der Waals surface area contributed by atoms with E-state index in [9.17, 15) is 0 Å². The van der Waals surface area contributed by atoms with Crippen LogP contribution >= 0.6 is 12.2 Å². The van der Waals surface area contributed by atoms with Crippen LogP contribution in [0.25, 0.3) is 0 Å². The van der Waals surface area contributed by atoms with Crippen molar-refractivity contribution in [2.75, 3.05) is 31.6 Å². The van der Waals surface area contributed by atoms with Crippen molar-refractivity contribution in [2.24, 2.45) is 0 Å². The van der Waals surface area contributed by atoms with E-state index in [-0.39, 0.29) is 0 Å². The van der Waals surface area contributed by atoms with Crippen molar-refractivity contribution in [3.63, 3.8) is 0 Å². The van der Waals surface area contributed by atoms with Crippen LogP contribution < -0.4 is 15.4 Å². The topological polar surface area (TPSA) is 36.5 Å². The van der Waals surface area contributed by atoms with Crippen LogP contribution in [0.3, 0.4) is 0 Å². The molecule has 1 fully saturated rings. The summed E-state index contributed by atoms with van der Waals surface area (Å²) in [4.78, 5) is 2.47. The third-order valence-electron chi connectivity index (χ3n) is 3.79. The molecule has 5 heteroatoms. The number of rotatable bonds is 5. The summed E-state index contributed by atoms with van der Waals surface area (Å²) in [5.74, 6) is 0.883. The molecule has 2 N–H and O–H groups in total. The zero-order valence-corrected chi connectivity index (χ0v) is 13.7. The lowest BCUT2D eigenvalue weighted by atomic mass is 10.1. The Morgan fingerprint density at radius 1 is 1.24 bits per heavy atom. The Hall–Kier alpha value is -1.33. The first-order valence-electron chi connectivity index (χ1n) is 7.74. The molecule has 0 unspecified atom stereocenters. The summed E-state index contributed by atoms with van der Waals surface area (Å²) in [6.45, 7) is 8.32. The fourth-order valence-electron chi connectivity index (χ4n) is 2.55. The van der Waals surface area contributed by atoms with Crippen LogP contribution in [0.5, 0.6) is 5.75 Å². The Morgan fingerprint density at radius 2 is 1.90 bits per heavy atom. The Balaban J connectivity index is 1.76. The summed E-state index contributed by atoms with van der Waals surface area (Å²) >= 11 is 5.39. The number of nitrogens with one attached hydrogen (secondary N) is 2. The number of anilines is 1. The molecular weight excluding hydrogens is 282 g/mol. The van der Waals surface area contributed by atoms with E-state index in [1.807, 2.05) is 31.2 Å².